The van der Waals surface area contributed by atoms with Gasteiger partial charge < -0.3 is 11.1 Å². The number of anilines is 1. The Morgan fingerprint density at radius 3 is 3.00 bits per heavy atom. The first-order valence-corrected chi connectivity index (χ1v) is 5.31. The molecule has 1 heterocycles. The second-order valence-electron chi connectivity index (χ2n) is 3.31. The number of aromatic nitrogens is 1. The zero-order valence-corrected chi connectivity index (χ0v) is 9.11. The molecule has 0 saturated carbocycles. The predicted molar refractivity (Wildman–Crippen MR) is 63.9 cm³/mol. The summed E-state index contributed by atoms with van der Waals surface area (Å²) in [5.41, 5.74) is 5.69. The van der Waals surface area contributed by atoms with Crippen molar-refractivity contribution in [3.63, 3.8) is 0 Å². The molecule has 0 radical (unpaired) electrons. The Morgan fingerprint density at radius 2 is 2.33 bits per heavy atom. The maximum atomic E-state index is 5.69. The van der Waals surface area contributed by atoms with Crippen molar-refractivity contribution in [1.29, 1.82) is 0 Å². The molecule has 0 atom stereocenters. The molecule has 4 nitrogen and oxygen atoms in total. The first-order valence-electron chi connectivity index (χ1n) is 5.31. The second-order valence-corrected chi connectivity index (χ2v) is 3.31. The highest BCUT2D eigenvalue weighted by Gasteiger charge is 1.93. The fraction of sp³-hybridized carbons (Fsp3) is 0.455. The molecule has 1 rings (SSSR count). The van der Waals surface area contributed by atoms with Crippen molar-refractivity contribution in [3.8, 4) is 0 Å². The minimum Gasteiger partial charge on any atom is -0.370 e. The van der Waals surface area contributed by atoms with E-state index >= 15 is 0 Å². The molecular weight excluding hydrogens is 188 g/mol. The molecule has 0 aliphatic rings. The van der Waals surface area contributed by atoms with Gasteiger partial charge in [0.15, 0.2) is 5.96 Å². The van der Waals surface area contributed by atoms with E-state index in [1.807, 2.05) is 18.2 Å². The van der Waals surface area contributed by atoms with Crippen LogP contribution in [0.5, 0.6) is 0 Å². The number of pyridine rings is 1. The Kier molecular flexibility index (Phi) is 5.22. The fourth-order valence-electron chi connectivity index (χ4n) is 1.17. The summed E-state index contributed by atoms with van der Waals surface area (Å²) in [4.78, 5) is 8.29. The molecule has 0 aliphatic carbocycles. The topological polar surface area (TPSA) is 63.3 Å². The SMILES string of the molecule is CCCCCN=C(N)Nc1ccccn1. The third-order valence-corrected chi connectivity index (χ3v) is 1.96. The third-order valence-electron chi connectivity index (χ3n) is 1.96. The van der Waals surface area contributed by atoms with Crippen LogP contribution in [0.4, 0.5) is 5.82 Å². The van der Waals surface area contributed by atoms with Gasteiger partial charge in [0, 0.05) is 12.7 Å². The lowest BCUT2D eigenvalue weighted by Gasteiger charge is -2.03. The average Bonchev–Trinajstić information content (AvgIpc) is 2.26. The van der Waals surface area contributed by atoms with Gasteiger partial charge in [-0.1, -0.05) is 25.8 Å². The van der Waals surface area contributed by atoms with Crippen LogP contribution in [0.3, 0.4) is 0 Å². The van der Waals surface area contributed by atoms with E-state index in [9.17, 15) is 0 Å². The standard InChI is InChI=1S/C11H18N4/c1-2-3-5-9-14-11(12)15-10-7-4-6-8-13-10/h4,6-8H,2-3,5,9H2,1H3,(H3,12,13,14,15). The number of nitrogens with two attached hydrogens (primary N) is 1. The molecule has 0 spiro atoms. The van der Waals surface area contributed by atoms with Gasteiger partial charge in [-0.25, -0.2) is 4.98 Å². The molecule has 0 bridgehead atoms. The normalized spacial score (nSPS) is 11.4. The van der Waals surface area contributed by atoms with Crippen LogP contribution in [0, 0.1) is 0 Å². The molecule has 0 saturated heterocycles. The van der Waals surface area contributed by atoms with Crippen LogP contribution in [0.2, 0.25) is 0 Å². The summed E-state index contributed by atoms with van der Waals surface area (Å²) >= 11 is 0. The highest BCUT2D eigenvalue weighted by Crippen LogP contribution is 1.99. The Hall–Kier alpha value is -1.58. The summed E-state index contributed by atoms with van der Waals surface area (Å²) < 4.78 is 0. The lowest BCUT2D eigenvalue weighted by Crippen LogP contribution is -2.23. The van der Waals surface area contributed by atoms with E-state index in [1.54, 1.807) is 6.20 Å². The number of nitrogens with zero attached hydrogens (tertiary/aromatic N) is 2. The number of hydrogen-bond acceptors (Lipinski definition) is 2. The highest BCUT2D eigenvalue weighted by atomic mass is 15.1. The zero-order chi connectivity index (χ0) is 10.9. The zero-order valence-electron chi connectivity index (χ0n) is 9.11. The third kappa shape index (κ3) is 5.00. The van der Waals surface area contributed by atoms with Gasteiger partial charge in [0.1, 0.15) is 5.82 Å². The summed E-state index contributed by atoms with van der Waals surface area (Å²) in [6.45, 7) is 2.94. The summed E-state index contributed by atoms with van der Waals surface area (Å²) in [7, 11) is 0. The molecule has 0 aromatic carbocycles. The molecule has 3 N–H and O–H groups in total. The van der Waals surface area contributed by atoms with Crippen LogP contribution in [0.25, 0.3) is 0 Å². The van der Waals surface area contributed by atoms with Crippen molar-refractivity contribution in [2.45, 2.75) is 26.2 Å². The van der Waals surface area contributed by atoms with E-state index in [-0.39, 0.29) is 0 Å². The number of nitrogens with one attached hydrogen (secondary N) is 1. The van der Waals surface area contributed by atoms with Crippen LogP contribution in [0.15, 0.2) is 29.4 Å². The van der Waals surface area contributed by atoms with Gasteiger partial charge in [0.25, 0.3) is 0 Å². The molecule has 15 heavy (non-hydrogen) atoms. The Morgan fingerprint density at radius 1 is 1.47 bits per heavy atom. The molecule has 82 valence electrons. The van der Waals surface area contributed by atoms with Gasteiger partial charge in [-0.2, -0.15) is 0 Å². The van der Waals surface area contributed by atoms with Crippen molar-refractivity contribution >= 4 is 11.8 Å². The summed E-state index contributed by atoms with van der Waals surface area (Å²) in [6, 6.07) is 5.62. The van der Waals surface area contributed by atoms with Crippen LogP contribution >= 0.6 is 0 Å². The van der Waals surface area contributed by atoms with E-state index in [0.29, 0.717) is 5.96 Å². The van der Waals surface area contributed by atoms with Crippen molar-refractivity contribution in [2.75, 3.05) is 11.9 Å². The van der Waals surface area contributed by atoms with Crippen LogP contribution in [0.1, 0.15) is 26.2 Å². The number of unbranched alkanes of at least 4 members (excludes halogenated alkanes) is 2. The van der Waals surface area contributed by atoms with E-state index in [1.165, 1.54) is 12.8 Å². The van der Waals surface area contributed by atoms with E-state index < -0.39 is 0 Å². The summed E-state index contributed by atoms with van der Waals surface area (Å²) in [5, 5.41) is 2.94. The fourth-order valence-corrected chi connectivity index (χ4v) is 1.17. The van der Waals surface area contributed by atoms with E-state index in [0.717, 1.165) is 18.8 Å². The summed E-state index contributed by atoms with van der Waals surface area (Å²) in [6.07, 6.45) is 5.19. The number of aliphatic imine (C=N–C) groups is 1. The number of guanidine groups is 1. The van der Waals surface area contributed by atoms with E-state index in [2.05, 4.69) is 22.2 Å². The first kappa shape index (κ1) is 11.5. The predicted octanol–water partition coefficient (Wildman–Crippen LogP) is 2.00. The molecule has 0 aliphatic heterocycles. The largest absolute Gasteiger partial charge is 0.370 e. The van der Waals surface area contributed by atoms with Crippen molar-refractivity contribution < 1.29 is 0 Å². The smallest absolute Gasteiger partial charge is 0.194 e. The molecule has 4 heteroatoms. The number of rotatable bonds is 5. The minimum absolute atomic E-state index is 0.435. The maximum Gasteiger partial charge on any atom is 0.194 e. The van der Waals surface area contributed by atoms with Gasteiger partial charge in [-0.3, -0.25) is 4.99 Å². The van der Waals surface area contributed by atoms with Gasteiger partial charge >= 0.3 is 0 Å². The molecule has 0 unspecified atom stereocenters. The molecule has 1 aromatic heterocycles. The molecule has 0 amide bonds. The monoisotopic (exact) mass is 206 g/mol. The quantitative estimate of drug-likeness (QED) is 0.440. The van der Waals surface area contributed by atoms with Gasteiger partial charge in [-0.05, 0) is 18.6 Å². The van der Waals surface area contributed by atoms with Crippen molar-refractivity contribution in [1.82, 2.24) is 4.98 Å². The van der Waals surface area contributed by atoms with Gasteiger partial charge in [0.05, 0.1) is 0 Å². The Bertz CT molecular complexity index is 295. The van der Waals surface area contributed by atoms with Crippen molar-refractivity contribution in [2.24, 2.45) is 10.7 Å². The lowest BCUT2D eigenvalue weighted by atomic mass is 10.2. The molecule has 0 fully saturated rings. The highest BCUT2D eigenvalue weighted by molar-refractivity contribution is 5.91. The van der Waals surface area contributed by atoms with Crippen LogP contribution in [-0.4, -0.2) is 17.5 Å². The minimum atomic E-state index is 0.435. The van der Waals surface area contributed by atoms with Crippen molar-refractivity contribution in [3.05, 3.63) is 24.4 Å². The molecular formula is C11H18N4. The van der Waals surface area contributed by atoms with Gasteiger partial charge in [0.2, 0.25) is 0 Å². The molecule has 1 aromatic rings. The van der Waals surface area contributed by atoms with E-state index in [4.69, 9.17) is 5.73 Å². The van der Waals surface area contributed by atoms with Crippen LogP contribution in [-0.2, 0) is 0 Å². The van der Waals surface area contributed by atoms with Gasteiger partial charge in [-0.15, -0.1) is 0 Å². The maximum absolute atomic E-state index is 5.69. The average molecular weight is 206 g/mol. The summed E-state index contributed by atoms with van der Waals surface area (Å²) in [5.74, 6) is 1.17. The number of hydrogen-bond donors (Lipinski definition) is 2. The Labute approximate surface area is 90.6 Å². The second kappa shape index (κ2) is 6.81. The lowest BCUT2D eigenvalue weighted by molar-refractivity contribution is 0.727. The van der Waals surface area contributed by atoms with Crippen LogP contribution < -0.4 is 11.1 Å². The Balaban J connectivity index is 2.32. The first-order chi connectivity index (χ1) is 7.33.